The van der Waals surface area contributed by atoms with Crippen LogP contribution < -0.4 is 15.0 Å². The van der Waals surface area contributed by atoms with E-state index in [1.165, 1.54) is 7.11 Å². The molecule has 0 unspecified atom stereocenters. The van der Waals surface area contributed by atoms with Crippen molar-refractivity contribution in [3.63, 3.8) is 0 Å². The van der Waals surface area contributed by atoms with E-state index in [0.29, 0.717) is 29.1 Å². The number of halogens is 1. The fraction of sp³-hybridized carbons (Fsp3) is 0.130. The van der Waals surface area contributed by atoms with Crippen molar-refractivity contribution in [2.24, 2.45) is 0 Å². The highest BCUT2D eigenvalue weighted by atomic mass is 79.9. The molecule has 5 nitrogen and oxygen atoms in total. The molecular formula is C23H21BrN2O3. The number of hydrogen-bond donors (Lipinski definition) is 1. The minimum absolute atomic E-state index is 0.184. The summed E-state index contributed by atoms with van der Waals surface area (Å²) in [5.74, 6) is -0.0871. The van der Waals surface area contributed by atoms with Crippen LogP contribution in [0, 0.1) is 0 Å². The van der Waals surface area contributed by atoms with Gasteiger partial charge in [-0.15, -0.1) is 0 Å². The molecule has 148 valence electrons. The first-order valence-corrected chi connectivity index (χ1v) is 9.95. The van der Waals surface area contributed by atoms with Crippen LogP contribution in [-0.2, 0) is 0 Å². The molecule has 29 heavy (non-hydrogen) atoms. The van der Waals surface area contributed by atoms with E-state index in [1.54, 1.807) is 47.4 Å². The number of nitrogens with one attached hydrogen (secondary N) is 1. The molecule has 0 bridgehead atoms. The standard InChI is InChI=1S/C23H21BrN2O3/c1-3-26(17-9-5-4-6-10-17)23(28)18-11-7-8-12-20(18)25-22(27)19-15-16(24)13-14-21(19)29-2/h4-15H,3H2,1-2H3,(H,25,27). The van der Waals surface area contributed by atoms with E-state index in [1.807, 2.05) is 37.3 Å². The topological polar surface area (TPSA) is 58.6 Å². The number of hydrogen-bond acceptors (Lipinski definition) is 3. The highest BCUT2D eigenvalue weighted by Crippen LogP contribution is 2.26. The number of methoxy groups -OCH3 is 1. The summed E-state index contributed by atoms with van der Waals surface area (Å²) in [5.41, 5.74) is 2.04. The van der Waals surface area contributed by atoms with Gasteiger partial charge in [0.05, 0.1) is 23.9 Å². The second-order valence-corrected chi connectivity index (χ2v) is 7.14. The number of amides is 2. The van der Waals surface area contributed by atoms with Crippen molar-refractivity contribution in [3.05, 3.63) is 88.4 Å². The van der Waals surface area contributed by atoms with Crippen LogP contribution >= 0.6 is 15.9 Å². The Labute approximate surface area is 178 Å². The molecule has 2 amide bonds. The number of rotatable bonds is 6. The Morgan fingerprint density at radius 3 is 2.34 bits per heavy atom. The summed E-state index contributed by atoms with van der Waals surface area (Å²) in [6.45, 7) is 2.42. The molecule has 6 heteroatoms. The quantitative estimate of drug-likeness (QED) is 0.546. The summed E-state index contributed by atoms with van der Waals surface area (Å²) in [6, 6.07) is 21.6. The van der Waals surface area contributed by atoms with Gasteiger partial charge in [0.25, 0.3) is 11.8 Å². The number of benzene rings is 3. The predicted molar refractivity (Wildman–Crippen MR) is 119 cm³/mol. The van der Waals surface area contributed by atoms with Crippen molar-refractivity contribution in [2.75, 3.05) is 23.9 Å². The molecule has 3 rings (SSSR count). The summed E-state index contributed by atoms with van der Waals surface area (Å²) in [7, 11) is 1.51. The maximum Gasteiger partial charge on any atom is 0.260 e. The normalized spacial score (nSPS) is 10.3. The van der Waals surface area contributed by atoms with Crippen LogP contribution in [0.25, 0.3) is 0 Å². The summed E-state index contributed by atoms with van der Waals surface area (Å²) in [6.07, 6.45) is 0. The zero-order chi connectivity index (χ0) is 20.8. The smallest absolute Gasteiger partial charge is 0.260 e. The molecule has 3 aromatic carbocycles. The van der Waals surface area contributed by atoms with Crippen molar-refractivity contribution in [1.29, 1.82) is 0 Å². The SMILES string of the molecule is CCN(C(=O)c1ccccc1NC(=O)c1cc(Br)ccc1OC)c1ccccc1. The van der Waals surface area contributed by atoms with E-state index in [-0.39, 0.29) is 11.8 Å². The third kappa shape index (κ3) is 4.66. The second-order valence-electron chi connectivity index (χ2n) is 6.23. The third-order valence-corrected chi connectivity index (χ3v) is 4.93. The van der Waals surface area contributed by atoms with Crippen molar-refractivity contribution in [1.82, 2.24) is 0 Å². The average Bonchev–Trinajstić information content (AvgIpc) is 2.75. The van der Waals surface area contributed by atoms with Gasteiger partial charge in [-0.2, -0.15) is 0 Å². The number of para-hydroxylation sites is 2. The fourth-order valence-electron chi connectivity index (χ4n) is 3.02. The first kappa shape index (κ1) is 20.6. The molecule has 0 saturated heterocycles. The Morgan fingerprint density at radius 2 is 1.66 bits per heavy atom. The zero-order valence-electron chi connectivity index (χ0n) is 16.2. The molecular weight excluding hydrogens is 432 g/mol. The maximum absolute atomic E-state index is 13.2. The van der Waals surface area contributed by atoms with E-state index in [0.717, 1.165) is 10.2 Å². The number of nitrogens with zero attached hydrogens (tertiary/aromatic N) is 1. The number of carbonyl (C=O) groups excluding carboxylic acids is 2. The van der Waals surface area contributed by atoms with Gasteiger partial charge in [-0.1, -0.05) is 46.3 Å². The van der Waals surface area contributed by atoms with Crippen LogP contribution in [0.15, 0.2) is 77.3 Å². The highest BCUT2D eigenvalue weighted by Gasteiger charge is 2.21. The van der Waals surface area contributed by atoms with Crippen LogP contribution in [-0.4, -0.2) is 25.5 Å². The van der Waals surface area contributed by atoms with Gasteiger partial charge in [0.15, 0.2) is 0 Å². The zero-order valence-corrected chi connectivity index (χ0v) is 17.8. The number of ether oxygens (including phenoxy) is 1. The first-order valence-electron chi connectivity index (χ1n) is 9.16. The maximum atomic E-state index is 13.2. The molecule has 0 aromatic heterocycles. The number of anilines is 2. The van der Waals surface area contributed by atoms with Crippen LogP contribution in [0.1, 0.15) is 27.6 Å². The molecule has 0 saturated carbocycles. The van der Waals surface area contributed by atoms with Crippen LogP contribution in [0.2, 0.25) is 0 Å². The number of carbonyl (C=O) groups is 2. The third-order valence-electron chi connectivity index (χ3n) is 4.44. The fourth-order valence-corrected chi connectivity index (χ4v) is 3.38. The van der Waals surface area contributed by atoms with Crippen molar-refractivity contribution in [3.8, 4) is 5.75 Å². The first-order chi connectivity index (χ1) is 14.0. The Hall–Kier alpha value is -3.12. The van der Waals surface area contributed by atoms with Crippen molar-refractivity contribution in [2.45, 2.75) is 6.92 Å². The van der Waals surface area contributed by atoms with Crippen molar-refractivity contribution >= 4 is 39.1 Å². The molecule has 0 radical (unpaired) electrons. The minimum Gasteiger partial charge on any atom is -0.496 e. The Balaban J connectivity index is 1.92. The van der Waals surface area contributed by atoms with E-state index in [9.17, 15) is 9.59 Å². The Bertz CT molecular complexity index is 1020. The molecule has 0 aliphatic carbocycles. The lowest BCUT2D eigenvalue weighted by atomic mass is 10.1. The second kappa shape index (κ2) is 9.39. The van der Waals surface area contributed by atoms with Gasteiger partial charge in [-0.3, -0.25) is 9.59 Å². The summed E-state index contributed by atoms with van der Waals surface area (Å²) >= 11 is 3.37. The molecule has 0 aliphatic rings. The van der Waals surface area contributed by atoms with Gasteiger partial charge in [-0.05, 0) is 49.4 Å². The van der Waals surface area contributed by atoms with Crippen LogP contribution in [0.3, 0.4) is 0 Å². The van der Waals surface area contributed by atoms with Gasteiger partial charge < -0.3 is 15.0 Å². The van der Waals surface area contributed by atoms with E-state index >= 15 is 0 Å². The molecule has 0 aliphatic heterocycles. The summed E-state index contributed by atoms with van der Waals surface area (Å²) < 4.78 is 6.05. The lowest BCUT2D eigenvalue weighted by Crippen LogP contribution is -2.31. The van der Waals surface area contributed by atoms with Crippen molar-refractivity contribution < 1.29 is 14.3 Å². The molecule has 0 fully saturated rings. The largest absolute Gasteiger partial charge is 0.496 e. The van der Waals surface area contributed by atoms with Gasteiger partial charge >= 0.3 is 0 Å². The average molecular weight is 453 g/mol. The van der Waals surface area contributed by atoms with Crippen LogP contribution in [0.4, 0.5) is 11.4 Å². The van der Waals surface area contributed by atoms with Gasteiger partial charge in [0, 0.05) is 16.7 Å². The van der Waals surface area contributed by atoms with E-state index in [4.69, 9.17) is 4.74 Å². The lowest BCUT2D eigenvalue weighted by Gasteiger charge is -2.22. The highest BCUT2D eigenvalue weighted by molar-refractivity contribution is 9.10. The summed E-state index contributed by atoms with van der Waals surface area (Å²) in [5, 5.41) is 2.85. The van der Waals surface area contributed by atoms with E-state index in [2.05, 4.69) is 21.2 Å². The van der Waals surface area contributed by atoms with Gasteiger partial charge in [0.2, 0.25) is 0 Å². The molecule has 0 atom stereocenters. The predicted octanol–water partition coefficient (Wildman–Crippen LogP) is 5.38. The molecule has 1 N–H and O–H groups in total. The monoisotopic (exact) mass is 452 g/mol. The molecule has 0 heterocycles. The van der Waals surface area contributed by atoms with Crippen LogP contribution in [0.5, 0.6) is 5.75 Å². The Kier molecular flexibility index (Phi) is 6.67. The minimum atomic E-state index is -0.355. The molecule has 3 aromatic rings. The Morgan fingerprint density at radius 1 is 0.966 bits per heavy atom. The van der Waals surface area contributed by atoms with E-state index < -0.39 is 0 Å². The summed E-state index contributed by atoms with van der Waals surface area (Å²) in [4.78, 5) is 27.8. The van der Waals surface area contributed by atoms with Gasteiger partial charge in [-0.25, -0.2) is 0 Å². The lowest BCUT2D eigenvalue weighted by molar-refractivity contribution is 0.0989. The molecule has 0 spiro atoms. The van der Waals surface area contributed by atoms with Gasteiger partial charge in [0.1, 0.15) is 5.75 Å².